The fraction of sp³-hybridized carbons (Fsp3) is 0.273. The number of nitrogens with two attached hydrogens (primary N) is 1. The van der Waals surface area contributed by atoms with Crippen LogP contribution in [0.15, 0.2) is 27.1 Å². The molecule has 1 aromatic carbocycles. The van der Waals surface area contributed by atoms with Crippen LogP contribution in [0.4, 0.5) is 11.7 Å². The smallest absolute Gasteiger partial charge is 0.320 e. The Hall–Kier alpha value is -1.40. The standard InChI is InChI=1S/C11H13BrN4O/c1-7-2-3-8(12)6-9(7)14-11-16-15-10(17-11)4-5-13/h2-3,6H,4-5,13H2,1H3,(H,14,16). The van der Waals surface area contributed by atoms with E-state index in [1.165, 1.54) is 0 Å². The van der Waals surface area contributed by atoms with Gasteiger partial charge in [0, 0.05) is 23.1 Å². The lowest BCUT2D eigenvalue weighted by Crippen LogP contribution is -2.02. The molecule has 0 atom stereocenters. The van der Waals surface area contributed by atoms with Crippen LogP contribution in [0.2, 0.25) is 0 Å². The molecule has 0 unspecified atom stereocenters. The minimum Gasteiger partial charge on any atom is -0.408 e. The maximum absolute atomic E-state index is 5.41. The van der Waals surface area contributed by atoms with Gasteiger partial charge in [-0.25, -0.2) is 0 Å². The summed E-state index contributed by atoms with van der Waals surface area (Å²) in [5.74, 6) is 0.544. The van der Waals surface area contributed by atoms with Crippen LogP contribution in [-0.2, 0) is 6.42 Å². The quantitative estimate of drug-likeness (QED) is 0.906. The zero-order chi connectivity index (χ0) is 12.3. The first-order valence-corrected chi connectivity index (χ1v) is 6.04. The van der Waals surface area contributed by atoms with Crippen LogP contribution < -0.4 is 11.1 Å². The van der Waals surface area contributed by atoms with Gasteiger partial charge in [0.25, 0.3) is 0 Å². The highest BCUT2D eigenvalue weighted by atomic mass is 79.9. The number of hydrogen-bond donors (Lipinski definition) is 2. The van der Waals surface area contributed by atoms with Crippen molar-refractivity contribution in [3.8, 4) is 0 Å². The molecule has 1 aromatic heterocycles. The largest absolute Gasteiger partial charge is 0.408 e. The Kier molecular flexibility index (Phi) is 3.75. The van der Waals surface area contributed by atoms with Gasteiger partial charge in [-0.3, -0.25) is 0 Å². The first-order chi connectivity index (χ1) is 8.19. The molecule has 0 spiro atoms. The first kappa shape index (κ1) is 12.1. The summed E-state index contributed by atoms with van der Waals surface area (Å²) in [6.45, 7) is 2.50. The van der Waals surface area contributed by atoms with Crippen LogP contribution in [0, 0.1) is 6.92 Å². The van der Waals surface area contributed by atoms with E-state index >= 15 is 0 Å². The molecular weight excluding hydrogens is 284 g/mol. The number of benzene rings is 1. The summed E-state index contributed by atoms with van der Waals surface area (Å²) >= 11 is 3.42. The molecule has 0 bridgehead atoms. The molecule has 2 rings (SSSR count). The predicted octanol–water partition coefficient (Wildman–Crippen LogP) is 2.39. The van der Waals surface area contributed by atoms with Crippen LogP contribution in [0.3, 0.4) is 0 Å². The van der Waals surface area contributed by atoms with E-state index in [0.717, 1.165) is 15.7 Å². The van der Waals surface area contributed by atoms with Crippen LogP contribution >= 0.6 is 15.9 Å². The topological polar surface area (TPSA) is 77.0 Å². The average Bonchev–Trinajstić information content (AvgIpc) is 2.72. The second kappa shape index (κ2) is 5.29. The minimum absolute atomic E-state index is 0.384. The highest BCUT2D eigenvalue weighted by molar-refractivity contribution is 9.10. The summed E-state index contributed by atoms with van der Waals surface area (Å²) in [5.41, 5.74) is 7.45. The van der Waals surface area contributed by atoms with Crippen LogP contribution in [0.25, 0.3) is 0 Å². The fourth-order valence-electron chi connectivity index (χ4n) is 1.37. The van der Waals surface area contributed by atoms with Crippen molar-refractivity contribution in [1.82, 2.24) is 10.2 Å². The Labute approximate surface area is 108 Å². The number of nitrogens with one attached hydrogen (secondary N) is 1. The van der Waals surface area contributed by atoms with E-state index in [9.17, 15) is 0 Å². The molecule has 0 radical (unpaired) electrons. The maximum Gasteiger partial charge on any atom is 0.320 e. The lowest BCUT2D eigenvalue weighted by molar-refractivity contribution is 0.510. The van der Waals surface area contributed by atoms with Gasteiger partial charge in [0.2, 0.25) is 5.89 Å². The Morgan fingerprint density at radius 2 is 2.24 bits per heavy atom. The fourth-order valence-corrected chi connectivity index (χ4v) is 1.73. The lowest BCUT2D eigenvalue weighted by atomic mass is 10.2. The second-order valence-electron chi connectivity index (χ2n) is 3.62. The Balaban J connectivity index is 2.16. The van der Waals surface area contributed by atoms with Gasteiger partial charge in [-0.05, 0) is 24.6 Å². The molecule has 0 amide bonds. The summed E-state index contributed by atoms with van der Waals surface area (Å²) in [7, 11) is 0. The normalized spacial score (nSPS) is 10.5. The molecular formula is C11H13BrN4O. The summed E-state index contributed by atoms with van der Waals surface area (Å²) in [4.78, 5) is 0. The number of aromatic nitrogens is 2. The third-order valence-electron chi connectivity index (χ3n) is 2.27. The SMILES string of the molecule is Cc1ccc(Br)cc1Nc1nnc(CCN)o1. The van der Waals surface area contributed by atoms with Gasteiger partial charge in [-0.2, -0.15) is 0 Å². The highest BCUT2D eigenvalue weighted by Gasteiger charge is 2.07. The molecule has 0 saturated carbocycles. The molecule has 3 N–H and O–H groups in total. The van der Waals surface area contributed by atoms with Crippen LogP contribution in [-0.4, -0.2) is 16.7 Å². The van der Waals surface area contributed by atoms with Crippen molar-refractivity contribution in [1.29, 1.82) is 0 Å². The second-order valence-corrected chi connectivity index (χ2v) is 4.54. The number of nitrogens with zero attached hydrogens (tertiary/aromatic N) is 2. The summed E-state index contributed by atoms with van der Waals surface area (Å²) in [5, 5.41) is 10.9. The van der Waals surface area contributed by atoms with Crippen molar-refractivity contribution in [3.63, 3.8) is 0 Å². The van der Waals surface area contributed by atoms with Gasteiger partial charge in [-0.15, -0.1) is 5.10 Å². The highest BCUT2D eigenvalue weighted by Crippen LogP contribution is 2.23. The van der Waals surface area contributed by atoms with Gasteiger partial charge in [0.1, 0.15) is 0 Å². The van der Waals surface area contributed by atoms with Crippen molar-refractivity contribution < 1.29 is 4.42 Å². The van der Waals surface area contributed by atoms with E-state index in [1.54, 1.807) is 0 Å². The van der Waals surface area contributed by atoms with E-state index in [4.69, 9.17) is 10.2 Å². The maximum atomic E-state index is 5.41. The Morgan fingerprint density at radius 1 is 1.41 bits per heavy atom. The van der Waals surface area contributed by atoms with Crippen molar-refractivity contribution >= 4 is 27.6 Å². The Bertz CT molecular complexity index is 512. The van der Waals surface area contributed by atoms with Crippen LogP contribution in [0.5, 0.6) is 0 Å². The molecule has 90 valence electrons. The van der Waals surface area contributed by atoms with Gasteiger partial charge < -0.3 is 15.5 Å². The molecule has 0 saturated heterocycles. The molecule has 5 nitrogen and oxygen atoms in total. The zero-order valence-electron chi connectivity index (χ0n) is 9.40. The molecule has 2 aromatic rings. The van der Waals surface area contributed by atoms with E-state index in [-0.39, 0.29) is 0 Å². The number of hydrogen-bond acceptors (Lipinski definition) is 5. The first-order valence-electron chi connectivity index (χ1n) is 5.24. The number of anilines is 2. The van der Waals surface area contributed by atoms with E-state index in [1.807, 2.05) is 25.1 Å². The summed E-state index contributed by atoms with van der Waals surface area (Å²) < 4.78 is 6.39. The molecule has 0 fully saturated rings. The van der Waals surface area contributed by atoms with Crippen molar-refractivity contribution in [2.24, 2.45) is 5.73 Å². The summed E-state index contributed by atoms with van der Waals surface area (Å²) in [6.07, 6.45) is 0.589. The van der Waals surface area contributed by atoms with E-state index in [2.05, 4.69) is 31.4 Å². The molecule has 6 heteroatoms. The van der Waals surface area contributed by atoms with E-state index < -0.39 is 0 Å². The van der Waals surface area contributed by atoms with Gasteiger partial charge in [-0.1, -0.05) is 27.1 Å². The lowest BCUT2D eigenvalue weighted by Gasteiger charge is -2.05. The van der Waals surface area contributed by atoms with Gasteiger partial charge in [0.05, 0.1) is 0 Å². The molecule has 17 heavy (non-hydrogen) atoms. The molecule has 0 aliphatic carbocycles. The Morgan fingerprint density at radius 3 is 3.00 bits per heavy atom. The van der Waals surface area contributed by atoms with Crippen molar-refractivity contribution in [2.75, 3.05) is 11.9 Å². The molecule has 0 aliphatic heterocycles. The molecule has 1 heterocycles. The summed E-state index contributed by atoms with van der Waals surface area (Å²) in [6, 6.07) is 6.33. The van der Waals surface area contributed by atoms with Crippen molar-refractivity contribution in [3.05, 3.63) is 34.1 Å². The third-order valence-corrected chi connectivity index (χ3v) is 2.76. The number of rotatable bonds is 4. The van der Waals surface area contributed by atoms with E-state index in [0.29, 0.717) is 24.9 Å². The minimum atomic E-state index is 0.384. The van der Waals surface area contributed by atoms with Crippen LogP contribution in [0.1, 0.15) is 11.5 Å². The number of aryl methyl sites for hydroxylation is 1. The van der Waals surface area contributed by atoms with Gasteiger partial charge >= 0.3 is 6.01 Å². The zero-order valence-corrected chi connectivity index (χ0v) is 11.0. The average molecular weight is 297 g/mol. The van der Waals surface area contributed by atoms with Gasteiger partial charge in [0.15, 0.2) is 0 Å². The monoisotopic (exact) mass is 296 g/mol. The number of halogens is 1. The van der Waals surface area contributed by atoms with Crippen molar-refractivity contribution in [2.45, 2.75) is 13.3 Å². The molecule has 0 aliphatic rings. The predicted molar refractivity (Wildman–Crippen MR) is 69.2 cm³/mol. The third kappa shape index (κ3) is 3.04.